The number of carboxylic acids is 1. The van der Waals surface area contributed by atoms with E-state index in [-0.39, 0.29) is 0 Å². The first-order valence-corrected chi connectivity index (χ1v) is 3.68. The monoisotopic (exact) mass is 157 g/mol. The Labute approximate surface area is 66.9 Å². The summed E-state index contributed by atoms with van der Waals surface area (Å²) in [5.41, 5.74) is 6.14. The van der Waals surface area contributed by atoms with E-state index in [2.05, 4.69) is 0 Å². The fourth-order valence-corrected chi connectivity index (χ4v) is 0.900. The zero-order valence-corrected chi connectivity index (χ0v) is 7.00. The first-order chi connectivity index (χ1) is 5.06. The third-order valence-corrected chi connectivity index (χ3v) is 1.26. The summed E-state index contributed by atoms with van der Waals surface area (Å²) < 4.78 is 0. The molecule has 11 heavy (non-hydrogen) atoms. The third kappa shape index (κ3) is 5.61. The van der Waals surface area contributed by atoms with Gasteiger partial charge in [0.1, 0.15) is 0 Å². The molecule has 0 bridgehead atoms. The topological polar surface area (TPSA) is 63.3 Å². The minimum absolute atomic E-state index is 0.338. The lowest BCUT2D eigenvalue weighted by Crippen LogP contribution is -2.07. The number of carboxylic acid groups (broad SMARTS) is 1. The van der Waals surface area contributed by atoms with Gasteiger partial charge in [-0.05, 0) is 17.9 Å². The zero-order chi connectivity index (χ0) is 8.85. The first-order valence-electron chi connectivity index (χ1n) is 3.68. The molecule has 3 heteroatoms. The number of aliphatic carboxylic acids is 1. The van der Waals surface area contributed by atoms with Gasteiger partial charge in [0, 0.05) is 12.6 Å². The second kappa shape index (κ2) is 4.91. The number of hydrogen-bond donors (Lipinski definition) is 2. The van der Waals surface area contributed by atoms with Gasteiger partial charge in [-0.2, -0.15) is 0 Å². The van der Waals surface area contributed by atoms with E-state index in [0.29, 0.717) is 12.5 Å². The molecule has 0 aromatic rings. The molecule has 64 valence electrons. The Kier molecular flexibility index (Phi) is 4.54. The fraction of sp³-hybridized carbons (Fsp3) is 0.625. The Morgan fingerprint density at radius 3 is 2.45 bits per heavy atom. The molecule has 3 nitrogen and oxygen atoms in total. The van der Waals surface area contributed by atoms with Crippen LogP contribution in [-0.2, 0) is 4.79 Å². The van der Waals surface area contributed by atoms with E-state index in [1.165, 1.54) is 6.08 Å². The molecular weight excluding hydrogens is 142 g/mol. The van der Waals surface area contributed by atoms with Crippen LogP contribution in [0.3, 0.4) is 0 Å². The highest BCUT2D eigenvalue weighted by Crippen LogP contribution is 2.08. The Hall–Kier alpha value is -0.830. The van der Waals surface area contributed by atoms with Gasteiger partial charge in [-0.25, -0.2) is 4.79 Å². The maximum Gasteiger partial charge on any atom is 0.328 e. The van der Waals surface area contributed by atoms with Crippen molar-refractivity contribution in [2.75, 3.05) is 6.54 Å². The predicted octanol–water partition coefficient (Wildman–Crippen LogP) is 1.00. The molecule has 0 radical (unpaired) electrons. The van der Waals surface area contributed by atoms with Crippen LogP contribution in [0.1, 0.15) is 20.3 Å². The summed E-state index contributed by atoms with van der Waals surface area (Å²) in [4.78, 5) is 10.2. The molecule has 0 rings (SSSR count). The number of rotatable bonds is 4. The summed E-state index contributed by atoms with van der Waals surface area (Å²) in [6, 6.07) is 0. The highest BCUT2D eigenvalue weighted by Gasteiger charge is 2.00. The van der Waals surface area contributed by atoms with Gasteiger partial charge >= 0.3 is 5.97 Å². The summed E-state index contributed by atoms with van der Waals surface area (Å²) >= 11 is 0. The van der Waals surface area contributed by atoms with Gasteiger partial charge in [0.05, 0.1) is 0 Å². The van der Waals surface area contributed by atoms with Gasteiger partial charge in [-0.15, -0.1) is 0 Å². The lowest BCUT2D eigenvalue weighted by Gasteiger charge is -2.05. The molecule has 3 N–H and O–H groups in total. The van der Waals surface area contributed by atoms with Crippen molar-refractivity contribution >= 4 is 5.97 Å². The molecule has 0 unspecified atom stereocenters. The lowest BCUT2D eigenvalue weighted by atomic mass is 10.0. The van der Waals surface area contributed by atoms with Crippen LogP contribution in [0.25, 0.3) is 0 Å². The quantitative estimate of drug-likeness (QED) is 0.598. The Bertz CT molecular complexity index is 161. The van der Waals surface area contributed by atoms with Crippen molar-refractivity contribution in [1.82, 2.24) is 0 Å². The zero-order valence-electron chi connectivity index (χ0n) is 7.00. The Morgan fingerprint density at radius 2 is 2.18 bits per heavy atom. The molecule has 0 fully saturated rings. The van der Waals surface area contributed by atoms with E-state index in [1.54, 1.807) is 0 Å². The maximum atomic E-state index is 10.2. The summed E-state index contributed by atoms with van der Waals surface area (Å²) in [5, 5.41) is 8.40. The highest BCUT2D eigenvalue weighted by molar-refractivity contribution is 5.80. The largest absolute Gasteiger partial charge is 0.478 e. The van der Waals surface area contributed by atoms with Crippen molar-refractivity contribution in [2.45, 2.75) is 20.3 Å². The van der Waals surface area contributed by atoms with E-state index < -0.39 is 5.97 Å². The predicted molar refractivity (Wildman–Crippen MR) is 44.2 cm³/mol. The van der Waals surface area contributed by atoms with Gasteiger partial charge in [-0.1, -0.05) is 13.8 Å². The van der Waals surface area contributed by atoms with Gasteiger partial charge in [0.2, 0.25) is 0 Å². The van der Waals surface area contributed by atoms with Crippen LogP contribution in [0.4, 0.5) is 0 Å². The molecule has 0 aromatic heterocycles. The van der Waals surface area contributed by atoms with E-state index in [0.717, 1.165) is 12.0 Å². The number of carbonyl (C=O) groups is 1. The SMILES string of the molecule is CC(C)C/C(=C\C(=O)O)CN. The molecule has 0 saturated heterocycles. The molecule has 0 aliphatic carbocycles. The molecule has 0 spiro atoms. The van der Waals surface area contributed by atoms with Crippen LogP contribution in [0.2, 0.25) is 0 Å². The Morgan fingerprint density at radius 1 is 1.64 bits per heavy atom. The van der Waals surface area contributed by atoms with Gasteiger partial charge in [0.25, 0.3) is 0 Å². The minimum Gasteiger partial charge on any atom is -0.478 e. The van der Waals surface area contributed by atoms with Crippen LogP contribution in [0.15, 0.2) is 11.6 Å². The van der Waals surface area contributed by atoms with Crippen LogP contribution in [0, 0.1) is 5.92 Å². The van der Waals surface area contributed by atoms with Crippen LogP contribution in [0.5, 0.6) is 0 Å². The van der Waals surface area contributed by atoms with Crippen LogP contribution < -0.4 is 5.73 Å². The summed E-state index contributed by atoms with van der Waals surface area (Å²) in [6.07, 6.45) is 1.96. The minimum atomic E-state index is -0.911. The van der Waals surface area contributed by atoms with Crippen molar-refractivity contribution in [2.24, 2.45) is 11.7 Å². The second-order valence-corrected chi connectivity index (χ2v) is 2.94. The van der Waals surface area contributed by atoms with E-state index >= 15 is 0 Å². The lowest BCUT2D eigenvalue weighted by molar-refractivity contribution is -0.131. The van der Waals surface area contributed by atoms with Crippen molar-refractivity contribution in [3.05, 3.63) is 11.6 Å². The van der Waals surface area contributed by atoms with E-state index in [9.17, 15) is 4.79 Å². The summed E-state index contributed by atoms with van der Waals surface area (Å²) in [6.45, 7) is 4.40. The smallest absolute Gasteiger partial charge is 0.328 e. The second-order valence-electron chi connectivity index (χ2n) is 2.94. The molecule has 0 amide bonds. The van der Waals surface area contributed by atoms with Crippen molar-refractivity contribution < 1.29 is 9.90 Å². The first kappa shape index (κ1) is 10.2. The maximum absolute atomic E-state index is 10.2. The number of hydrogen-bond acceptors (Lipinski definition) is 2. The third-order valence-electron chi connectivity index (χ3n) is 1.26. The normalized spacial score (nSPS) is 12.2. The van der Waals surface area contributed by atoms with Crippen LogP contribution >= 0.6 is 0 Å². The molecular formula is C8H15NO2. The average Bonchev–Trinajstić information content (AvgIpc) is 1.84. The van der Waals surface area contributed by atoms with Crippen molar-refractivity contribution in [3.63, 3.8) is 0 Å². The molecule has 0 atom stereocenters. The standard InChI is InChI=1S/C8H15NO2/c1-6(2)3-7(5-9)4-8(10)11/h4,6H,3,5,9H2,1-2H3,(H,10,11)/b7-4+. The average molecular weight is 157 g/mol. The van der Waals surface area contributed by atoms with E-state index in [4.69, 9.17) is 10.8 Å². The Balaban J connectivity index is 4.05. The molecule has 0 saturated carbocycles. The summed E-state index contributed by atoms with van der Waals surface area (Å²) in [7, 11) is 0. The van der Waals surface area contributed by atoms with Crippen molar-refractivity contribution in [1.29, 1.82) is 0 Å². The molecule has 0 aliphatic heterocycles. The van der Waals surface area contributed by atoms with Crippen LogP contribution in [-0.4, -0.2) is 17.6 Å². The fourth-order valence-electron chi connectivity index (χ4n) is 0.900. The van der Waals surface area contributed by atoms with E-state index in [1.807, 2.05) is 13.8 Å². The van der Waals surface area contributed by atoms with Crippen molar-refractivity contribution in [3.8, 4) is 0 Å². The highest BCUT2D eigenvalue weighted by atomic mass is 16.4. The number of nitrogens with two attached hydrogens (primary N) is 1. The molecule has 0 aliphatic rings. The molecule has 0 aromatic carbocycles. The summed E-state index contributed by atoms with van der Waals surface area (Å²) in [5.74, 6) is -0.449. The molecule has 0 heterocycles. The van der Waals surface area contributed by atoms with Gasteiger partial charge in [0.15, 0.2) is 0 Å². The van der Waals surface area contributed by atoms with Gasteiger partial charge in [-0.3, -0.25) is 0 Å². The van der Waals surface area contributed by atoms with Gasteiger partial charge < -0.3 is 10.8 Å².